The fourth-order valence-electron chi connectivity index (χ4n) is 1.56. The molecule has 0 saturated heterocycles. The highest BCUT2D eigenvalue weighted by Crippen LogP contribution is 2.29. The van der Waals surface area contributed by atoms with Gasteiger partial charge in [-0.2, -0.15) is 17.5 Å². The molecule has 2 N–H and O–H groups in total. The molecule has 0 spiro atoms. The van der Waals surface area contributed by atoms with Crippen LogP contribution in [0.4, 0.5) is 13.2 Å². The number of nitrogens with zero attached hydrogens (tertiary/aromatic N) is 1. The molecule has 5 nitrogen and oxygen atoms in total. The Kier molecular flexibility index (Phi) is 5.00. The standard InChI is InChI=1S/C11H15F3N2O3S/c1-16(7-11(12,13)14)20(17,18)10-5-8(6-15)3-4-9(10)19-2/h3-5H,6-7,15H2,1-2H3. The molecule has 0 fully saturated rings. The molecule has 1 aromatic rings. The molecule has 0 aliphatic rings. The summed E-state index contributed by atoms with van der Waals surface area (Å²) in [4.78, 5) is -0.338. The molecule has 1 rings (SSSR count). The van der Waals surface area contributed by atoms with Crippen molar-refractivity contribution in [1.82, 2.24) is 4.31 Å². The summed E-state index contributed by atoms with van der Waals surface area (Å²) < 4.78 is 66.4. The zero-order valence-corrected chi connectivity index (χ0v) is 11.8. The topological polar surface area (TPSA) is 72.6 Å². The van der Waals surface area contributed by atoms with E-state index in [-0.39, 0.29) is 21.5 Å². The Labute approximate surface area is 115 Å². The lowest BCUT2D eigenvalue weighted by Gasteiger charge is -2.20. The molecule has 0 bridgehead atoms. The summed E-state index contributed by atoms with van der Waals surface area (Å²) in [5.41, 5.74) is 5.88. The normalized spacial score (nSPS) is 12.8. The Hall–Kier alpha value is -1.32. The predicted molar refractivity (Wildman–Crippen MR) is 66.8 cm³/mol. The van der Waals surface area contributed by atoms with Crippen molar-refractivity contribution in [3.8, 4) is 5.75 Å². The van der Waals surface area contributed by atoms with Gasteiger partial charge in [0, 0.05) is 13.6 Å². The van der Waals surface area contributed by atoms with Crippen molar-refractivity contribution in [2.45, 2.75) is 17.6 Å². The molecule has 114 valence electrons. The first-order chi connectivity index (χ1) is 9.11. The monoisotopic (exact) mass is 312 g/mol. The minimum atomic E-state index is -4.62. The average molecular weight is 312 g/mol. The van der Waals surface area contributed by atoms with Crippen molar-refractivity contribution >= 4 is 10.0 Å². The number of alkyl halides is 3. The van der Waals surface area contributed by atoms with Crippen molar-refractivity contribution in [2.75, 3.05) is 20.7 Å². The molecule has 20 heavy (non-hydrogen) atoms. The number of rotatable bonds is 5. The van der Waals surface area contributed by atoms with Crippen LogP contribution in [-0.2, 0) is 16.6 Å². The number of ether oxygens (including phenoxy) is 1. The molecule has 0 amide bonds. The second-order valence-corrected chi connectivity index (χ2v) is 6.08. The zero-order valence-electron chi connectivity index (χ0n) is 10.9. The summed E-state index contributed by atoms with van der Waals surface area (Å²) in [6.45, 7) is -1.51. The highest BCUT2D eigenvalue weighted by molar-refractivity contribution is 7.89. The van der Waals surface area contributed by atoms with Crippen LogP contribution in [0.15, 0.2) is 23.1 Å². The molecule has 9 heteroatoms. The van der Waals surface area contributed by atoms with Crippen LogP contribution in [-0.4, -0.2) is 39.6 Å². The zero-order chi connectivity index (χ0) is 15.6. The van der Waals surface area contributed by atoms with Crippen LogP contribution < -0.4 is 10.5 Å². The fourth-order valence-corrected chi connectivity index (χ4v) is 2.91. The molecule has 0 radical (unpaired) electrons. The van der Waals surface area contributed by atoms with E-state index in [9.17, 15) is 21.6 Å². The molecule has 0 aliphatic carbocycles. The van der Waals surface area contributed by atoms with Crippen molar-refractivity contribution in [1.29, 1.82) is 0 Å². The Balaban J connectivity index is 3.26. The Morgan fingerprint density at radius 3 is 2.40 bits per heavy atom. The first kappa shape index (κ1) is 16.7. The molecule has 0 atom stereocenters. The van der Waals surface area contributed by atoms with Gasteiger partial charge in [-0.3, -0.25) is 0 Å². The summed E-state index contributed by atoms with van der Waals surface area (Å²) in [6, 6.07) is 4.11. The largest absolute Gasteiger partial charge is 0.495 e. The lowest BCUT2D eigenvalue weighted by molar-refractivity contribution is -0.134. The van der Waals surface area contributed by atoms with Crippen LogP contribution >= 0.6 is 0 Å². The van der Waals surface area contributed by atoms with Gasteiger partial charge in [-0.1, -0.05) is 6.07 Å². The average Bonchev–Trinajstić information content (AvgIpc) is 2.35. The molecular formula is C11H15F3N2O3S. The first-order valence-corrected chi connectivity index (χ1v) is 6.96. The molecule has 0 unspecified atom stereocenters. The Morgan fingerprint density at radius 1 is 1.35 bits per heavy atom. The maximum atomic E-state index is 12.3. The first-order valence-electron chi connectivity index (χ1n) is 5.52. The van der Waals surface area contributed by atoms with Crippen LogP contribution in [0.1, 0.15) is 5.56 Å². The van der Waals surface area contributed by atoms with Gasteiger partial charge in [0.15, 0.2) is 0 Å². The lowest BCUT2D eigenvalue weighted by atomic mass is 10.2. The SMILES string of the molecule is COc1ccc(CN)cc1S(=O)(=O)N(C)CC(F)(F)F. The van der Waals surface area contributed by atoms with Crippen LogP contribution in [0.2, 0.25) is 0 Å². The van der Waals surface area contributed by atoms with E-state index in [1.807, 2.05) is 0 Å². The molecule has 1 aromatic carbocycles. The summed E-state index contributed by atoms with van der Waals surface area (Å²) in [6.07, 6.45) is -4.62. The van der Waals surface area contributed by atoms with E-state index in [2.05, 4.69) is 0 Å². The second-order valence-electron chi connectivity index (χ2n) is 4.07. The second kappa shape index (κ2) is 5.98. The van der Waals surface area contributed by atoms with Crippen molar-refractivity contribution in [3.05, 3.63) is 23.8 Å². The summed E-state index contributed by atoms with van der Waals surface area (Å²) in [7, 11) is -2.22. The molecule has 0 aromatic heterocycles. The highest BCUT2D eigenvalue weighted by Gasteiger charge is 2.36. The predicted octanol–water partition coefficient (Wildman–Crippen LogP) is 1.34. The lowest BCUT2D eigenvalue weighted by Crippen LogP contribution is -2.36. The Bertz CT molecular complexity index is 573. The minimum absolute atomic E-state index is 0.0313. The third-order valence-electron chi connectivity index (χ3n) is 2.55. The molecule has 0 aliphatic heterocycles. The van der Waals surface area contributed by atoms with Crippen LogP contribution in [0.5, 0.6) is 5.75 Å². The van der Waals surface area contributed by atoms with Crippen LogP contribution in [0.3, 0.4) is 0 Å². The van der Waals surface area contributed by atoms with E-state index in [0.29, 0.717) is 5.56 Å². The summed E-state index contributed by atoms with van der Waals surface area (Å²) in [5, 5.41) is 0. The number of benzene rings is 1. The van der Waals surface area contributed by atoms with E-state index < -0.39 is 22.7 Å². The van der Waals surface area contributed by atoms with Crippen LogP contribution in [0.25, 0.3) is 0 Å². The smallest absolute Gasteiger partial charge is 0.402 e. The minimum Gasteiger partial charge on any atom is -0.495 e. The van der Waals surface area contributed by atoms with Gasteiger partial charge in [-0.25, -0.2) is 8.42 Å². The fraction of sp³-hybridized carbons (Fsp3) is 0.455. The van der Waals surface area contributed by atoms with E-state index in [4.69, 9.17) is 10.5 Å². The number of hydrogen-bond acceptors (Lipinski definition) is 4. The molecule has 0 saturated carbocycles. The quantitative estimate of drug-likeness (QED) is 0.890. The van der Waals surface area contributed by atoms with Crippen molar-refractivity contribution < 1.29 is 26.3 Å². The summed E-state index contributed by atoms with van der Waals surface area (Å²) >= 11 is 0. The van der Waals surface area contributed by atoms with Gasteiger partial charge in [-0.05, 0) is 17.7 Å². The number of halogens is 3. The molecule has 0 heterocycles. The van der Waals surface area contributed by atoms with Crippen LogP contribution in [0, 0.1) is 0 Å². The van der Waals surface area contributed by atoms with E-state index in [1.165, 1.54) is 19.2 Å². The van der Waals surface area contributed by atoms with Gasteiger partial charge in [-0.15, -0.1) is 0 Å². The third-order valence-corrected chi connectivity index (χ3v) is 4.38. The van der Waals surface area contributed by atoms with E-state index >= 15 is 0 Å². The van der Waals surface area contributed by atoms with E-state index in [0.717, 1.165) is 7.05 Å². The van der Waals surface area contributed by atoms with Crippen molar-refractivity contribution in [3.63, 3.8) is 0 Å². The maximum Gasteiger partial charge on any atom is 0.402 e. The molecular weight excluding hydrogens is 297 g/mol. The van der Waals surface area contributed by atoms with Gasteiger partial charge >= 0.3 is 6.18 Å². The van der Waals surface area contributed by atoms with Gasteiger partial charge < -0.3 is 10.5 Å². The van der Waals surface area contributed by atoms with Gasteiger partial charge in [0.05, 0.1) is 7.11 Å². The third kappa shape index (κ3) is 3.84. The Morgan fingerprint density at radius 2 is 1.95 bits per heavy atom. The van der Waals surface area contributed by atoms with Gasteiger partial charge in [0.2, 0.25) is 10.0 Å². The van der Waals surface area contributed by atoms with E-state index in [1.54, 1.807) is 6.07 Å². The number of hydrogen-bond donors (Lipinski definition) is 1. The highest BCUT2D eigenvalue weighted by atomic mass is 32.2. The number of sulfonamides is 1. The van der Waals surface area contributed by atoms with Gasteiger partial charge in [0.25, 0.3) is 0 Å². The number of methoxy groups -OCH3 is 1. The summed E-state index contributed by atoms with van der Waals surface area (Å²) in [5.74, 6) is -0.0313. The maximum absolute atomic E-state index is 12.3. The van der Waals surface area contributed by atoms with Crippen molar-refractivity contribution in [2.24, 2.45) is 5.73 Å². The van der Waals surface area contributed by atoms with Gasteiger partial charge in [0.1, 0.15) is 17.2 Å². The number of nitrogens with two attached hydrogens (primary N) is 1.